The van der Waals surface area contributed by atoms with Gasteiger partial charge in [0.15, 0.2) is 0 Å². The second-order valence-electron chi connectivity index (χ2n) is 7.77. The van der Waals surface area contributed by atoms with Crippen molar-refractivity contribution in [2.45, 2.75) is 32.0 Å². The molecule has 1 aliphatic rings. The van der Waals surface area contributed by atoms with Crippen LogP contribution in [0.5, 0.6) is 0 Å². The zero-order valence-electron chi connectivity index (χ0n) is 17.1. The first-order chi connectivity index (χ1) is 14.0. The third-order valence-corrected chi connectivity index (χ3v) is 6.58. The maximum Gasteiger partial charge on any atom is 0.254 e. The zero-order valence-corrected chi connectivity index (χ0v) is 17.9. The van der Waals surface area contributed by atoms with Gasteiger partial charge in [-0.15, -0.1) is 11.3 Å². The number of hydrogen-bond donors (Lipinski definition) is 1. The standard InChI is InChI=1S/C23H27N3O2S/c1-16-13-17-7-4-5-8-19(17)26(16)15-21-18(10-11-28-21)23(27)24-14-20(25(2)3)22-9-6-12-29-22/h4-12,16,20H,13-15H2,1-3H3,(H,24,27). The first kappa shape index (κ1) is 19.7. The van der Waals surface area contributed by atoms with Gasteiger partial charge in [0.1, 0.15) is 5.76 Å². The highest BCUT2D eigenvalue weighted by Crippen LogP contribution is 2.33. The number of hydrogen-bond acceptors (Lipinski definition) is 5. The first-order valence-electron chi connectivity index (χ1n) is 9.93. The summed E-state index contributed by atoms with van der Waals surface area (Å²) >= 11 is 1.71. The second kappa shape index (κ2) is 8.43. The lowest BCUT2D eigenvalue weighted by Gasteiger charge is -2.25. The van der Waals surface area contributed by atoms with Gasteiger partial charge in [0, 0.05) is 23.2 Å². The minimum Gasteiger partial charge on any atom is -0.467 e. The van der Waals surface area contributed by atoms with E-state index in [2.05, 4.69) is 57.8 Å². The van der Waals surface area contributed by atoms with Gasteiger partial charge in [0.05, 0.1) is 24.4 Å². The molecule has 0 saturated carbocycles. The Labute approximate surface area is 175 Å². The second-order valence-corrected chi connectivity index (χ2v) is 8.75. The number of thiophene rings is 1. The summed E-state index contributed by atoms with van der Waals surface area (Å²) < 4.78 is 5.73. The molecule has 0 aliphatic carbocycles. The molecule has 6 heteroatoms. The van der Waals surface area contributed by atoms with Crippen molar-refractivity contribution in [2.75, 3.05) is 25.5 Å². The van der Waals surface area contributed by atoms with Gasteiger partial charge in [-0.1, -0.05) is 24.3 Å². The maximum absolute atomic E-state index is 12.9. The van der Waals surface area contributed by atoms with Crippen molar-refractivity contribution in [3.63, 3.8) is 0 Å². The van der Waals surface area contributed by atoms with Crippen LogP contribution in [0.2, 0.25) is 0 Å². The summed E-state index contributed by atoms with van der Waals surface area (Å²) in [5.41, 5.74) is 3.20. The molecule has 1 N–H and O–H groups in total. The number of benzene rings is 1. The highest BCUT2D eigenvalue weighted by molar-refractivity contribution is 7.10. The van der Waals surface area contributed by atoms with Crippen LogP contribution in [-0.2, 0) is 13.0 Å². The van der Waals surface area contributed by atoms with Gasteiger partial charge in [0.2, 0.25) is 0 Å². The maximum atomic E-state index is 12.9. The highest BCUT2D eigenvalue weighted by Gasteiger charge is 2.28. The molecular weight excluding hydrogens is 382 g/mol. The number of fused-ring (bicyclic) bond motifs is 1. The number of carbonyl (C=O) groups is 1. The van der Waals surface area contributed by atoms with Gasteiger partial charge in [-0.25, -0.2) is 0 Å². The van der Waals surface area contributed by atoms with E-state index in [0.717, 1.165) is 6.42 Å². The molecule has 1 aromatic carbocycles. The molecule has 0 spiro atoms. The van der Waals surface area contributed by atoms with Gasteiger partial charge in [-0.2, -0.15) is 0 Å². The lowest BCUT2D eigenvalue weighted by molar-refractivity contribution is 0.0940. The van der Waals surface area contributed by atoms with E-state index in [9.17, 15) is 4.79 Å². The molecule has 0 bridgehead atoms. The summed E-state index contributed by atoms with van der Waals surface area (Å²) in [7, 11) is 4.07. The molecule has 3 heterocycles. The minimum absolute atomic E-state index is 0.0858. The van der Waals surface area contributed by atoms with E-state index in [1.807, 2.05) is 20.2 Å². The van der Waals surface area contributed by atoms with Gasteiger partial charge in [-0.05, 0) is 56.6 Å². The Balaban J connectivity index is 1.46. The molecule has 152 valence electrons. The Hall–Kier alpha value is -2.57. The van der Waals surface area contributed by atoms with Crippen LogP contribution < -0.4 is 10.2 Å². The molecule has 29 heavy (non-hydrogen) atoms. The number of para-hydroxylation sites is 1. The molecule has 4 rings (SSSR count). The number of nitrogens with zero attached hydrogens (tertiary/aromatic N) is 2. The molecule has 2 atom stereocenters. The molecular formula is C23H27N3O2S. The Morgan fingerprint density at radius 1 is 1.28 bits per heavy atom. The summed E-state index contributed by atoms with van der Waals surface area (Å²) in [6, 6.07) is 14.9. The summed E-state index contributed by atoms with van der Waals surface area (Å²) in [5.74, 6) is 0.626. The highest BCUT2D eigenvalue weighted by atomic mass is 32.1. The van der Waals surface area contributed by atoms with Crippen LogP contribution in [0.25, 0.3) is 0 Å². The zero-order chi connectivity index (χ0) is 20.4. The van der Waals surface area contributed by atoms with E-state index in [1.165, 1.54) is 16.1 Å². The number of anilines is 1. The quantitative estimate of drug-likeness (QED) is 0.631. The third-order valence-electron chi connectivity index (χ3n) is 5.60. The van der Waals surface area contributed by atoms with Crippen LogP contribution >= 0.6 is 11.3 Å². The van der Waals surface area contributed by atoms with E-state index in [-0.39, 0.29) is 11.9 Å². The van der Waals surface area contributed by atoms with E-state index in [1.54, 1.807) is 23.7 Å². The van der Waals surface area contributed by atoms with Crippen LogP contribution in [0.15, 0.2) is 58.5 Å². The largest absolute Gasteiger partial charge is 0.467 e. The van der Waals surface area contributed by atoms with Crippen LogP contribution in [-0.4, -0.2) is 37.5 Å². The Kier molecular flexibility index (Phi) is 5.74. The third kappa shape index (κ3) is 4.09. The molecule has 1 aliphatic heterocycles. The molecule has 0 radical (unpaired) electrons. The van der Waals surface area contributed by atoms with Crippen molar-refractivity contribution in [3.8, 4) is 0 Å². The summed E-state index contributed by atoms with van der Waals surface area (Å²) in [6.45, 7) is 3.36. The Morgan fingerprint density at radius 2 is 2.10 bits per heavy atom. The number of rotatable bonds is 7. The van der Waals surface area contributed by atoms with Gasteiger partial charge in [-0.3, -0.25) is 4.79 Å². The predicted octanol–water partition coefficient (Wildman–Crippen LogP) is 4.33. The lowest BCUT2D eigenvalue weighted by Crippen LogP contribution is -2.35. The van der Waals surface area contributed by atoms with Crippen molar-refractivity contribution < 1.29 is 9.21 Å². The number of carbonyl (C=O) groups excluding carboxylic acids is 1. The number of nitrogens with one attached hydrogen (secondary N) is 1. The topological polar surface area (TPSA) is 48.7 Å². The van der Waals surface area contributed by atoms with Crippen LogP contribution in [0.1, 0.15) is 39.5 Å². The molecule has 0 saturated heterocycles. The van der Waals surface area contributed by atoms with Gasteiger partial charge >= 0.3 is 0 Å². The Morgan fingerprint density at radius 3 is 2.86 bits per heavy atom. The van der Waals surface area contributed by atoms with Crippen molar-refractivity contribution in [2.24, 2.45) is 0 Å². The number of amides is 1. The average molecular weight is 410 g/mol. The van der Waals surface area contributed by atoms with Crippen LogP contribution in [0, 0.1) is 0 Å². The fraction of sp³-hybridized carbons (Fsp3) is 0.348. The average Bonchev–Trinajstić information content (AvgIpc) is 3.43. The lowest BCUT2D eigenvalue weighted by atomic mass is 10.1. The van der Waals surface area contributed by atoms with Crippen molar-refractivity contribution in [1.82, 2.24) is 10.2 Å². The molecule has 5 nitrogen and oxygen atoms in total. The summed E-state index contributed by atoms with van der Waals surface area (Å²) in [4.78, 5) is 18.6. The predicted molar refractivity (Wildman–Crippen MR) is 118 cm³/mol. The van der Waals surface area contributed by atoms with E-state index < -0.39 is 0 Å². The van der Waals surface area contributed by atoms with E-state index in [4.69, 9.17) is 4.42 Å². The fourth-order valence-corrected chi connectivity index (χ4v) is 4.92. The smallest absolute Gasteiger partial charge is 0.254 e. The van der Waals surface area contributed by atoms with Gasteiger partial charge < -0.3 is 19.5 Å². The summed E-state index contributed by atoms with van der Waals surface area (Å²) in [6.07, 6.45) is 2.63. The monoisotopic (exact) mass is 409 g/mol. The number of furan rings is 1. The molecule has 1 amide bonds. The molecule has 0 fully saturated rings. The van der Waals surface area contributed by atoms with E-state index in [0.29, 0.717) is 30.5 Å². The fourth-order valence-electron chi connectivity index (χ4n) is 3.99. The van der Waals surface area contributed by atoms with Crippen LogP contribution in [0.3, 0.4) is 0 Å². The molecule has 2 unspecified atom stereocenters. The van der Waals surface area contributed by atoms with Crippen molar-refractivity contribution >= 4 is 22.9 Å². The first-order valence-corrected chi connectivity index (χ1v) is 10.8. The molecule has 3 aromatic rings. The molecule has 2 aromatic heterocycles. The van der Waals surface area contributed by atoms with E-state index >= 15 is 0 Å². The summed E-state index contributed by atoms with van der Waals surface area (Å²) in [5, 5.41) is 5.16. The SMILES string of the molecule is CC1Cc2ccccc2N1Cc1occc1C(=O)NCC(c1cccs1)N(C)C. The van der Waals surface area contributed by atoms with Gasteiger partial charge in [0.25, 0.3) is 5.91 Å². The van der Waals surface area contributed by atoms with Crippen LogP contribution in [0.4, 0.5) is 5.69 Å². The van der Waals surface area contributed by atoms with Crippen molar-refractivity contribution in [3.05, 3.63) is 75.9 Å². The minimum atomic E-state index is -0.0858. The Bertz CT molecular complexity index is 964. The van der Waals surface area contributed by atoms with Crippen molar-refractivity contribution in [1.29, 1.82) is 0 Å². The normalized spacial score (nSPS) is 16.8. The number of likely N-dealkylation sites (N-methyl/N-ethyl adjacent to an activating group) is 1.